The Morgan fingerprint density at radius 2 is 1.96 bits per heavy atom. The average Bonchev–Trinajstić information content (AvgIpc) is 3.02. The lowest BCUT2D eigenvalue weighted by Gasteiger charge is -2.14. The average molecular weight is 483 g/mol. The van der Waals surface area contributed by atoms with Gasteiger partial charge in [-0.15, -0.1) is 0 Å². The molecule has 2 N–H and O–H groups in total. The summed E-state index contributed by atoms with van der Waals surface area (Å²) in [6, 6.07) is 6.42. The van der Waals surface area contributed by atoms with Crippen molar-refractivity contribution in [1.29, 1.82) is 0 Å². The van der Waals surface area contributed by atoms with Crippen molar-refractivity contribution in [2.45, 2.75) is 19.4 Å². The van der Waals surface area contributed by atoms with Crippen LogP contribution in [0.5, 0.6) is 23.5 Å². The van der Waals surface area contributed by atoms with Crippen molar-refractivity contribution in [3.63, 3.8) is 0 Å². The number of imidazole rings is 1. The van der Waals surface area contributed by atoms with Gasteiger partial charge < -0.3 is 23.0 Å². The Bertz CT molecular complexity index is 978. The van der Waals surface area contributed by atoms with Crippen LogP contribution in [0.4, 0.5) is 5.82 Å². The van der Waals surface area contributed by atoms with Crippen LogP contribution in [0, 0.1) is 0 Å². The zero-order valence-electron chi connectivity index (χ0n) is 14.6. The first-order valence-corrected chi connectivity index (χ1v) is 9.32. The predicted octanol–water partition coefficient (Wildman–Crippen LogP) is 2.75. The van der Waals surface area contributed by atoms with Gasteiger partial charge in [0.2, 0.25) is 0 Å². The highest BCUT2D eigenvalue weighted by Gasteiger charge is 2.19. The minimum absolute atomic E-state index is 0.231. The molecule has 27 heavy (non-hydrogen) atoms. The Balaban J connectivity index is 1.86. The number of hydrogen-bond acceptors (Lipinski definition) is 8. The third-order valence-electron chi connectivity index (χ3n) is 4.23. The first kappa shape index (κ1) is 17.9. The molecule has 9 nitrogen and oxygen atoms in total. The predicted molar refractivity (Wildman–Crippen MR) is 107 cm³/mol. The van der Waals surface area contributed by atoms with E-state index in [1.54, 1.807) is 30.1 Å². The third kappa shape index (κ3) is 3.53. The number of benzene rings is 1. The molecule has 0 saturated carbocycles. The fourth-order valence-electron chi connectivity index (χ4n) is 2.91. The molecule has 0 fully saturated rings. The zero-order chi connectivity index (χ0) is 18.8. The summed E-state index contributed by atoms with van der Waals surface area (Å²) in [6.45, 7) is 1.49. The normalized spacial score (nSPS) is 14.3. The van der Waals surface area contributed by atoms with Crippen LogP contribution in [0.1, 0.15) is 18.4 Å². The van der Waals surface area contributed by atoms with Gasteiger partial charge in [-0.05, 0) is 30.5 Å². The molecule has 3 aromatic rings. The fourth-order valence-corrected chi connectivity index (χ4v) is 3.25. The van der Waals surface area contributed by atoms with Crippen LogP contribution in [-0.4, -0.2) is 39.8 Å². The van der Waals surface area contributed by atoms with Gasteiger partial charge in [0.05, 0.1) is 26.9 Å². The van der Waals surface area contributed by atoms with Gasteiger partial charge in [0, 0.05) is 0 Å². The van der Waals surface area contributed by atoms with Crippen molar-refractivity contribution in [3.8, 4) is 23.5 Å². The summed E-state index contributed by atoms with van der Waals surface area (Å²) in [5.74, 6) is 1.65. The van der Waals surface area contributed by atoms with Gasteiger partial charge in [-0.2, -0.15) is 15.0 Å². The topological polar surface area (TPSA) is 107 Å². The van der Waals surface area contributed by atoms with E-state index in [1.165, 1.54) is 0 Å². The molecule has 4 bridgehead atoms. The summed E-state index contributed by atoms with van der Waals surface area (Å²) >= 11 is 1.79. The van der Waals surface area contributed by atoms with Gasteiger partial charge in [0.1, 0.15) is 0 Å². The Morgan fingerprint density at radius 1 is 1.15 bits per heavy atom. The number of aromatic nitrogens is 4. The van der Waals surface area contributed by atoms with E-state index < -0.39 is 0 Å². The summed E-state index contributed by atoms with van der Waals surface area (Å²) in [5, 5.41) is 0. The zero-order valence-corrected chi connectivity index (χ0v) is 16.8. The van der Waals surface area contributed by atoms with E-state index in [0.717, 1.165) is 18.4 Å². The van der Waals surface area contributed by atoms with E-state index in [1.807, 2.05) is 22.8 Å². The van der Waals surface area contributed by atoms with E-state index >= 15 is 0 Å². The highest BCUT2D eigenvalue weighted by molar-refractivity contribution is 14.1. The molecule has 0 radical (unpaired) electrons. The molecule has 0 amide bonds. The molecule has 0 aliphatic carbocycles. The van der Waals surface area contributed by atoms with Gasteiger partial charge in [0.25, 0.3) is 0 Å². The summed E-state index contributed by atoms with van der Waals surface area (Å²) < 4.78 is 24.2. The Hall–Kier alpha value is -2.50. The first-order valence-electron chi connectivity index (χ1n) is 8.44. The number of ether oxygens (including phenoxy) is 3. The molecular formula is C17H18IN5O4. The second kappa shape index (κ2) is 7.62. The molecule has 142 valence electrons. The number of hydrogen-bond donors (Lipinski definition) is 1. The molecular weight excluding hydrogens is 465 g/mol. The number of fused-ring (bicyclic) bond motifs is 3. The van der Waals surface area contributed by atoms with Crippen molar-refractivity contribution in [2.75, 3.05) is 26.1 Å². The molecule has 0 spiro atoms. The Morgan fingerprint density at radius 3 is 2.74 bits per heavy atom. The van der Waals surface area contributed by atoms with Crippen molar-refractivity contribution in [3.05, 3.63) is 23.8 Å². The van der Waals surface area contributed by atoms with Crippen LogP contribution in [0.2, 0.25) is 0 Å². The number of halogens is 1. The molecule has 10 heteroatoms. The quantitative estimate of drug-likeness (QED) is 0.555. The second-order valence-corrected chi connectivity index (χ2v) is 6.45. The van der Waals surface area contributed by atoms with Crippen LogP contribution >= 0.6 is 23.0 Å². The molecule has 1 aromatic carbocycles. The standard InChI is InChI=1S/C17H18IN5O4/c1-24-11-5-4-10-8-12(11)25-6-2-3-7-26-16-21-14(19)13-15(22-16)23(9-10)17(20-13)27-18/h4-5,8H,2-3,6-7,9H2,1H3,(H2,19,21,22). The van der Waals surface area contributed by atoms with E-state index in [4.69, 9.17) is 23.0 Å². The minimum Gasteiger partial charge on any atom is -0.493 e. The molecule has 0 unspecified atom stereocenters. The molecule has 2 aromatic heterocycles. The van der Waals surface area contributed by atoms with Crippen molar-refractivity contribution < 1.29 is 17.3 Å². The van der Waals surface area contributed by atoms with Gasteiger partial charge in [-0.1, -0.05) is 6.07 Å². The maximum atomic E-state index is 6.06. The van der Waals surface area contributed by atoms with Crippen molar-refractivity contribution in [1.82, 2.24) is 19.5 Å². The number of rotatable bonds is 2. The number of anilines is 1. The largest absolute Gasteiger partial charge is 0.493 e. The lowest BCUT2D eigenvalue weighted by atomic mass is 10.2. The van der Waals surface area contributed by atoms with Gasteiger partial charge in [0.15, 0.2) is 51.5 Å². The number of nitrogen functional groups attached to an aromatic ring is 1. The van der Waals surface area contributed by atoms with Crippen LogP contribution in [0.25, 0.3) is 11.2 Å². The highest BCUT2D eigenvalue weighted by atomic mass is 127. The summed E-state index contributed by atoms with van der Waals surface area (Å²) in [4.78, 5) is 13.1. The first-order chi connectivity index (χ1) is 13.2. The Kier molecular flexibility index (Phi) is 5.05. The van der Waals surface area contributed by atoms with Gasteiger partial charge >= 0.3 is 12.0 Å². The van der Waals surface area contributed by atoms with Crippen LogP contribution < -0.4 is 23.0 Å². The van der Waals surface area contributed by atoms with Gasteiger partial charge in [-0.3, -0.25) is 4.57 Å². The van der Waals surface area contributed by atoms with Crippen molar-refractivity contribution in [2.24, 2.45) is 0 Å². The summed E-state index contributed by atoms with van der Waals surface area (Å²) in [6.07, 6.45) is 1.63. The maximum absolute atomic E-state index is 6.06. The molecule has 1 aliphatic rings. The monoisotopic (exact) mass is 483 g/mol. The molecule has 0 saturated heterocycles. The lowest BCUT2D eigenvalue weighted by Crippen LogP contribution is -2.09. The minimum atomic E-state index is 0.231. The number of nitrogens with zero attached hydrogens (tertiary/aromatic N) is 4. The van der Waals surface area contributed by atoms with Gasteiger partial charge in [-0.25, -0.2) is 0 Å². The summed E-state index contributed by atoms with van der Waals surface area (Å²) in [5.41, 5.74) is 8.08. The smallest absolute Gasteiger partial charge is 0.320 e. The van der Waals surface area contributed by atoms with Crippen LogP contribution in [-0.2, 0) is 6.54 Å². The maximum Gasteiger partial charge on any atom is 0.320 e. The van der Waals surface area contributed by atoms with E-state index in [9.17, 15) is 0 Å². The second-order valence-electron chi connectivity index (χ2n) is 6.01. The molecule has 3 heterocycles. The third-order valence-corrected chi connectivity index (χ3v) is 4.63. The molecule has 0 atom stereocenters. The van der Waals surface area contributed by atoms with E-state index in [-0.39, 0.29) is 11.8 Å². The number of methoxy groups -OCH3 is 1. The van der Waals surface area contributed by atoms with Crippen LogP contribution in [0.3, 0.4) is 0 Å². The van der Waals surface area contributed by atoms with E-state index in [2.05, 4.69) is 15.0 Å². The highest BCUT2D eigenvalue weighted by Crippen LogP contribution is 2.31. The van der Waals surface area contributed by atoms with Crippen LogP contribution in [0.15, 0.2) is 18.2 Å². The number of nitrogens with two attached hydrogens (primary N) is 1. The van der Waals surface area contributed by atoms with E-state index in [0.29, 0.717) is 48.4 Å². The summed E-state index contributed by atoms with van der Waals surface area (Å²) in [7, 11) is 1.63. The SMILES string of the molecule is COc1ccc2cc1OCCCCOc1nc(N)c3nc(OI)n(c3n1)C2. The fraction of sp³-hybridized carbons (Fsp3) is 0.353. The molecule has 1 aliphatic heterocycles. The Labute approximate surface area is 169 Å². The molecule has 4 rings (SSSR count). The van der Waals surface area contributed by atoms with Crippen molar-refractivity contribution >= 4 is 40.0 Å². The lowest BCUT2D eigenvalue weighted by molar-refractivity contribution is 0.249.